The molecule has 4 rings (SSSR count). The monoisotopic (exact) mass is 515 g/mol. The number of aliphatic hydroxyl groups excluding tert-OH is 1. The first kappa shape index (κ1) is 26.8. The quantitative estimate of drug-likeness (QED) is 0.210. The Hall–Kier alpha value is -4.26. The Morgan fingerprint density at radius 3 is 2.29 bits per heavy atom. The number of hydrogen-bond donors (Lipinski definition) is 1. The van der Waals surface area contributed by atoms with E-state index in [9.17, 15) is 14.7 Å². The fourth-order valence-corrected chi connectivity index (χ4v) is 4.69. The summed E-state index contributed by atoms with van der Waals surface area (Å²) in [5.41, 5.74) is 3.50. The minimum atomic E-state index is -0.877. The van der Waals surface area contributed by atoms with Crippen LogP contribution in [0.4, 0.5) is 5.69 Å². The zero-order valence-electron chi connectivity index (χ0n) is 22.4. The molecule has 7 heteroatoms. The number of amides is 1. The number of carbonyl (C=O) groups excluding carboxylic acids is 2. The number of anilines is 1. The maximum absolute atomic E-state index is 13.5. The van der Waals surface area contributed by atoms with E-state index in [1.807, 2.05) is 45.9 Å². The van der Waals surface area contributed by atoms with Gasteiger partial charge in [-0.15, -0.1) is 0 Å². The smallest absolute Gasteiger partial charge is 0.300 e. The summed E-state index contributed by atoms with van der Waals surface area (Å²) in [4.78, 5) is 28.5. The van der Waals surface area contributed by atoms with Crippen LogP contribution in [0, 0.1) is 13.8 Å². The highest BCUT2D eigenvalue weighted by atomic mass is 16.5. The van der Waals surface area contributed by atoms with Crippen LogP contribution in [0.15, 0.2) is 66.2 Å². The lowest BCUT2D eigenvalue weighted by molar-refractivity contribution is -0.132. The summed E-state index contributed by atoms with van der Waals surface area (Å²) in [5, 5.41) is 11.4. The third kappa shape index (κ3) is 5.09. The van der Waals surface area contributed by atoms with Gasteiger partial charge in [0.2, 0.25) is 0 Å². The molecular weight excluding hydrogens is 482 g/mol. The summed E-state index contributed by atoms with van der Waals surface area (Å²) < 4.78 is 16.9. The summed E-state index contributed by atoms with van der Waals surface area (Å²) >= 11 is 0. The predicted octanol–water partition coefficient (Wildman–Crippen LogP) is 6.13. The van der Waals surface area contributed by atoms with Gasteiger partial charge in [-0.3, -0.25) is 14.5 Å². The molecule has 198 valence electrons. The summed E-state index contributed by atoms with van der Waals surface area (Å²) in [6, 6.07) is 16.9. The zero-order chi connectivity index (χ0) is 27.4. The molecule has 0 radical (unpaired) electrons. The van der Waals surface area contributed by atoms with Gasteiger partial charge in [-0.1, -0.05) is 30.7 Å². The van der Waals surface area contributed by atoms with Crippen LogP contribution in [0.3, 0.4) is 0 Å². The van der Waals surface area contributed by atoms with E-state index in [2.05, 4.69) is 0 Å². The summed E-state index contributed by atoms with van der Waals surface area (Å²) in [6.07, 6.45) is 0.870. The second kappa shape index (κ2) is 11.4. The second-order valence-corrected chi connectivity index (χ2v) is 9.18. The lowest BCUT2D eigenvalue weighted by Crippen LogP contribution is -2.30. The average molecular weight is 516 g/mol. The zero-order valence-corrected chi connectivity index (χ0v) is 22.4. The highest BCUT2D eigenvalue weighted by Crippen LogP contribution is 2.45. The van der Waals surface area contributed by atoms with E-state index in [-0.39, 0.29) is 11.3 Å². The topological polar surface area (TPSA) is 85.3 Å². The van der Waals surface area contributed by atoms with Gasteiger partial charge in [-0.25, -0.2) is 0 Å². The largest absolute Gasteiger partial charge is 0.507 e. The van der Waals surface area contributed by atoms with Crippen molar-refractivity contribution in [2.75, 3.05) is 25.2 Å². The average Bonchev–Trinajstić information content (AvgIpc) is 3.17. The minimum Gasteiger partial charge on any atom is -0.507 e. The van der Waals surface area contributed by atoms with E-state index in [4.69, 9.17) is 14.2 Å². The predicted molar refractivity (Wildman–Crippen MR) is 147 cm³/mol. The molecule has 1 aliphatic rings. The highest BCUT2D eigenvalue weighted by Gasteiger charge is 2.47. The van der Waals surface area contributed by atoms with Crippen molar-refractivity contribution in [2.24, 2.45) is 0 Å². The molecule has 0 spiro atoms. The van der Waals surface area contributed by atoms with Crippen LogP contribution in [0.1, 0.15) is 48.6 Å². The van der Waals surface area contributed by atoms with Crippen LogP contribution in [-0.2, 0) is 9.59 Å². The number of aliphatic hydroxyl groups is 1. The first-order valence-corrected chi connectivity index (χ1v) is 12.7. The molecule has 1 N–H and O–H groups in total. The number of aryl methyl sites for hydroxylation is 2. The van der Waals surface area contributed by atoms with Gasteiger partial charge in [-0.2, -0.15) is 0 Å². The van der Waals surface area contributed by atoms with Crippen molar-refractivity contribution in [2.45, 2.75) is 40.2 Å². The lowest BCUT2D eigenvalue weighted by atomic mass is 9.94. The van der Waals surface area contributed by atoms with Crippen LogP contribution in [0.2, 0.25) is 0 Å². The van der Waals surface area contributed by atoms with Crippen molar-refractivity contribution >= 4 is 23.1 Å². The maximum atomic E-state index is 13.5. The van der Waals surface area contributed by atoms with Crippen molar-refractivity contribution in [1.29, 1.82) is 0 Å². The Morgan fingerprint density at radius 1 is 0.921 bits per heavy atom. The van der Waals surface area contributed by atoms with Gasteiger partial charge in [0.25, 0.3) is 11.7 Å². The van der Waals surface area contributed by atoms with Crippen molar-refractivity contribution in [3.8, 4) is 17.2 Å². The SMILES string of the molecule is CCCOc1ccc(/C(O)=C2\C(=O)C(=O)N(c3ccc(C)cc3C)C2c2ccc(OC)c(OCC)c2)cc1. The van der Waals surface area contributed by atoms with Crippen molar-refractivity contribution in [3.05, 3.63) is 88.5 Å². The Kier molecular flexibility index (Phi) is 8.05. The third-order valence-corrected chi connectivity index (χ3v) is 6.46. The minimum absolute atomic E-state index is 0.00446. The molecule has 1 unspecified atom stereocenters. The normalized spacial score (nSPS) is 16.6. The molecule has 0 aliphatic carbocycles. The number of ether oxygens (including phenoxy) is 3. The first-order valence-electron chi connectivity index (χ1n) is 12.7. The fourth-order valence-electron chi connectivity index (χ4n) is 4.69. The van der Waals surface area contributed by atoms with Crippen LogP contribution < -0.4 is 19.1 Å². The summed E-state index contributed by atoms with van der Waals surface area (Å²) in [5.74, 6) is -0.0470. The first-order chi connectivity index (χ1) is 18.3. The maximum Gasteiger partial charge on any atom is 0.300 e. The van der Waals surface area contributed by atoms with Gasteiger partial charge in [0, 0.05) is 11.3 Å². The number of carbonyl (C=O) groups is 2. The van der Waals surface area contributed by atoms with Gasteiger partial charge < -0.3 is 19.3 Å². The Bertz CT molecular complexity index is 1380. The van der Waals surface area contributed by atoms with Crippen molar-refractivity contribution in [3.63, 3.8) is 0 Å². The molecule has 1 saturated heterocycles. The molecule has 0 aromatic heterocycles. The van der Waals surface area contributed by atoms with E-state index >= 15 is 0 Å². The molecule has 1 amide bonds. The molecule has 3 aromatic carbocycles. The number of rotatable bonds is 9. The molecule has 1 heterocycles. The van der Waals surface area contributed by atoms with Crippen LogP contribution >= 0.6 is 0 Å². The van der Waals surface area contributed by atoms with Crippen molar-refractivity contribution in [1.82, 2.24) is 0 Å². The molecule has 1 fully saturated rings. The van der Waals surface area contributed by atoms with E-state index in [0.717, 1.165) is 17.5 Å². The summed E-state index contributed by atoms with van der Waals surface area (Å²) in [7, 11) is 1.55. The van der Waals surface area contributed by atoms with E-state index in [1.54, 1.807) is 49.6 Å². The van der Waals surface area contributed by atoms with E-state index in [1.165, 1.54) is 4.90 Å². The van der Waals surface area contributed by atoms with Crippen molar-refractivity contribution < 1.29 is 28.9 Å². The molecule has 38 heavy (non-hydrogen) atoms. The molecule has 0 saturated carbocycles. The highest BCUT2D eigenvalue weighted by molar-refractivity contribution is 6.51. The van der Waals surface area contributed by atoms with Gasteiger partial charge in [0.1, 0.15) is 11.5 Å². The molecule has 0 bridgehead atoms. The molecule has 1 atom stereocenters. The number of nitrogens with zero attached hydrogens (tertiary/aromatic N) is 1. The van der Waals surface area contributed by atoms with Crippen LogP contribution in [0.5, 0.6) is 17.2 Å². The number of benzene rings is 3. The lowest BCUT2D eigenvalue weighted by Gasteiger charge is -2.27. The molecule has 3 aromatic rings. The number of ketones is 1. The number of hydrogen-bond acceptors (Lipinski definition) is 6. The van der Waals surface area contributed by atoms with Crippen LogP contribution in [-0.4, -0.2) is 37.1 Å². The van der Waals surface area contributed by atoms with Gasteiger partial charge in [0.15, 0.2) is 11.5 Å². The number of methoxy groups -OCH3 is 1. The summed E-state index contributed by atoms with van der Waals surface area (Å²) in [6.45, 7) is 8.73. The van der Waals surface area contributed by atoms with E-state index in [0.29, 0.717) is 47.3 Å². The van der Waals surface area contributed by atoms with Gasteiger partial charge in [0.05, 0.1) is 31.9 Å². The Balaban J connectivity index is 1.91. The Labute approximate surface area is 223 Å². The van der Waals surface area contributed by atoms with Gasteiger partial charge >= 0.3 is 0 Å². The molecule has 1 aliphatic heterocycles. The fraction of sp³-hybridized carbons (Fsp3) is 0.290. The molecular formula is C31H33NO6. The van der Waals surface area contributed by atoms with Gasteiger partial charge in [-0.05, 0) is 80.8 Å². The van der Waals surface area contributed by atoms with E-state index < -0.39 is 17.7 Å². The second-order valence-electron chi connectivity index (χ2n) is 9.18. The third-order valence-electron chi connectivity index (χ3n) is 6.46. The standard InChI is InChI=1S/C31H33NO6/c1-6-16-38-23-12-9-21(10-13-23)29(33)27-28(22-11-15-25(36-5)26(18-22)37-7-2)32(31(35)30(27)34)24-14-8-19(3)17-20(24)4/h8-15,17-18,28,33H,6-7,16H2,1-5H3/b29-27+. The van der Waals surface area contributed by atoms with Crippen LogP contribution in [0.25, 0.3) is 5.76 Å². The Morgan fingerprint density at radius 2 is 1.66 bits per heavy atom. The number of Topliss-reactive ketones (excluding diaryl/α,β-unsaturated/α-hetero) is 1. The molecule has 7 nitrogen and oxygen atoms in total.